The molecule has 0 spiro atoms. The van der Waals surface area contributed by atoms with Crippen LogP contribution in [0.3, 0.4) is 0 Å². The van der Waals surface area contributed by atoms with Crippen molar-refractivity contribution in [1.82, 2.24) is 0 Å². The van der Waals surface area contributed by atoms with Crippen LogP contribution in [0, 0.1) is 23.7 Å². The van der Waals surface area contributed by atoms with Gasteiger partial charge in [-0.3, -0.25) is 0 Å². The van der Waals surface area contributed by atoms with Gasteiger partial charge >= 0.3 is 0 Å². The highest BCUT2D eigenvalue weighted by Crippen LogP contribution is 2.42. The van der Waals surface area contributed by atoms with Crippen molar-refractivity contribution in [3.63, 3.8) is 0 Å². The molecule has 0 nitrogen and oxygen atoms in total. The molecule has 0 saturated heterocycles. The summed E-state index contributed by atoms with van der Waals surface area (Å²) in [4.78, 5) is 0. The molecule has 0 aromatic heterocycles. The van der Waals surface area contributed by atoms with E-state index in [1.165, 1.54) is 32.1 Å². The Kier molecular flexibility index (Phi) is 5.38. The van der Waals surface area contributed by atoms with E-state index in [4.69, 9.17) is 0 Å². The van der Waals surface area contributed by atoms with Crippen molar-refractivity contribution >= 4 is 0 Å². The Hall–Kier alpha value is 0. The Morgan fingerprint density at radius 3 is 1.53 bits per heavy atom. The summed E-state index contributed by atoms with van der Waals surface area (Å²) >= 11 is 0. The lowest BCUT2D eigenvalue weighted by molar-refractivity contribution is 0.142. The van der Waals surface area contributed by atoms with Crippen LogP contribution >= 0.6 is 0 Å². The summed E-state index contributed by atoms with van der Waals surface area (Å²) in [6.45, 7) is 4.72. The molecule has 0 unspecified atom stereocenters. The first-order chi connectivity index (χ1) is 8.33. The third-order valence-corrected chi connectivity index (χ3v) is 5.72. The van der Waals surface area contributed by atoms with E-state index in [1.54, 1.807) is 38.5 Å². The maximum atomic E-state index is 2.38. The van der Waals surface area contributed by atoms with Crippen LogP contribution in [0.1, 0.15) is 84.5 Å². The van der Waals surface area contributed by atoms with Crippen molar-refractivity contribution in [2.24, 2.45) is 23.7 Å². The summed E-state index contributed by atoms with van der Waals surface area (Å²) in [5.41, 5.74) is 0. The average molecular weight is 236 g/mol. The minimum atomic E-state index is 1.07. The smallest absolute Gasteiger partial charge is 0.0386 e. The Bertz CT molecular complexity index is 192. The minimum Gasteiger partial charge on any atom is -0.0654 e. The van der Waals surface area contributed by atoms with Crippen molar-refractivity contribution in [2.75, 3.05) is 0 Å². The van der Waals surface area contributed by atoms with Crippen molar-refractivity contribution in [3.05, 3.63) is 0 Å². The summed E-state index contributed by atoms with van der Waals surface area (Å²) in [6, 6.07) is 0. The van der Waals surface area contributed by atoms with Crippen molar-refractivity contribution < 1.29 is 0 Å². The molecule has 0 heterocycles. The molecular formula is C17H32. The van der Waals surface area contributed by atoms with Gasteiger partial charge in [0.1, 0.15) is 0 Å². The quantitative estimate of drug-likeness (QED) is 0.578. The molecule has 0 aromatic rings. The van der Waals surface area contributed by atoms with E-state index in [0.717, 1.165) is 23.7 Å². The van der Waals surface area contributed by atoms with Gasteiger partial charge in [0, 0.05) is 0 Å². The second-order valence-electron chi connectivity index (χ2n) is 6.76. The van der Waals surface area contributed by atoms with Crippen molar-refractivity contribution in [3.8, 4) is 0 Å². The standard InChI is InChI=1S/C17H32/c1-3-5-15-8-12-17(13-9-15)16-10-6-14(4-2)7-11-16/h14-17H,3-13H2,1-2H3/t14-,15?,16-,17?. The molecule has 0 bridgehead atoms. The van der Waals surface area contributed by atoms with E-state index in [9.17, 15) is 0 Å². The van der Waals surface area contributed by atoms with Gasteiger partial charge in [0.15, 0.2) is 0 Å². The van der Waals surface area contributed by atoms with Gasteiger partial charge in [-0.2, -0.15) is 0 Å². The van der Waals surface area contributed by atoms with Crippen molar-refractivity contribution in [2.45, 2.75) is 84.5 Å². The average Bonchev–Trinajstić information content (AvgIpc) is 2.40. The first-order valence-corrected chi connectivity index (χ1v) is 8.33. The molecule has 2 fully saturated rings. The molecule has 0 heteroatoms. The number of rotatable bonds is 4. The molecular weight excluding hydrogens is 204 g/mol. The summed E-state index contributed by atoms with van der Waals surface area (Å²) in [5, 5.41) is 0. The van der Waals surface area contributed by atoms with Gasteiger partial charge in [0.25, 0.3) is 0 Å². The van der Waals surface area contributed by atoms with Gasteiger partial charge in [-0.05, 0) is 49.4 Å². The van der Waals surface area contributed by atoms with Crippen LogP contribution in [0.2, 0.25) is 0 Å². The van der Waals surface area contributed by atoms with Gasteiger partial charge in [0.2, 0.25) is 0 Å². The molecule has 2 rings (SSSR count). The maximum absolute atomic E-state index is 2.38. The summed E-state index contributed by atoms with van der Waals surface area (Å²) in [7, 11) is 0. The predicted molar refractivity (Wildman–Crippen MR) is 76.1 cm³/mol. The fraction of sp³-hybridized carbons (Fsp3) is 1.00. The van der Waals surface area contributed by atoms with Crippen molar-refractivity contribution in [1.29, 1.82) is 0 Å². The zero-order chi connectivity index (χ0) is 12.1. The largest absolute Gasteiger partial charge is 0.0654 e. The van der Waals surface area contributed by atoms with Crippen LogP contribution < -0.4 is 0 Å². The topological polar surface area (TPSA) is 0 Å². The molecule has 0 radical (unpaired) electrons. The summed E-state index contributed by atoms with van der Waals surface area (Å²) in [5.74, 6) is 4.38. The van der Waals surface area contributed by atoms with E-state index in [-0.39, 0.29) is 0 Å². The zero-order valence-corrected chi connectivity index (χ0v) is 12.1. The van der Waals surface area contributed by atoms with Gasteiger partial charge in [-0.1, -0.05) is 58.8 Å². The van der Waals surface area contributed by atoms with Gasteiger partial charge in [-0.15, -0.1) is 0 Å². The van der Waals surface area contributed by atoms with E-state index in [0.29, 0.717) is 0 Å². The van der Waals surface area contributed by atoms with Crippen LogP contribution in [0.4, 0.5) is 0 Å². The lowest BCUT2D eigenvalue weighted by Gasteiger charge is -2.37. The van der Waals surface area contributed by atoms with E-state index in [2.05, 4.69) is 13.8 Å². The fourth-order valence-corrected chi connectivity index (χ4v) is 4.42. The van der Waals surface area contributed by atoms with Crippen LogP contribution in [0.15, 0.2) is 0 Å². The van der Waals surface area contributed by atoms with Gasteiger partial charge in [0.05, 0.1) is 0 Å². The van der Waals surface area contributed by atoms with E-state index in [1.807, 2.05) is 0 Å². The first kappa shape index (κ1) is 13.4. The Morgan fingerprint density at radius 2 is 1.12 bits per heavy atom. The summed E-state index contributed by atoms with van der Waals surface area (Å²) in [6.07, 6.45) is 16.7. The van der Waals surface area contributed by atoms with Crippen LogP contribution in [-0.4, -0.2) is 0 Å². The van der Waals surface area contributed by atoms with Crippen LogP contribution in [-0.2, 0) is 0 Å². The fourth-order valence-electron chi connectivity index (χ4n) is 4.42. The van der Waals surface area contributed by atoms with E-state index < -0.39 is 0 Å². The minimum absolute atomic E-state index is 1.07. The van der Waals surface area contributed by atoms with Crippen LogP contribution in [0.25, 0.3) is 0 Å². The zero-order valence-electron chi connectivity index (χ0n) is 12.1. The molecule has 0 N–H and O–H groups in total. The molecule has 0 atom stereocenters. The van der Waals surface area contributed by atoms with Crippen LogP contribution in [0.5, 0.6) is 0 Å². The molecule has 0 aromatic carbocycles. The lowest BCUT2D eigenvalue weighted by Crippen LogP contribution is -2.25. The normalized spacial score (nSPS) is 39.2. The Labute approximate surface area is 109 Å². The summed E-state index contributed by atoms with van der Waals surface area (Å²) < 4.78 is 0. The third-order valence-electron chi connectivity index (χ3n) is 5.72. The Morgan fingerprint density at radius 1 is 0.647 bits per heavy atom. The molecule has 2 aliphatic rings. The lowest BCUT2D eigenvalue weighted by atomic mass is 9.68. The second kappa shape index (κ2) is 6.81. The first-order valence-electron chi connectivity index (χ1n) is 8.33. The SMILES string of the molecule is CCCC1CCC([C@H]2CC[C@H](CC)CC2)CC1. The molecule has 17 heavy (non-hydrogen) atoms. The Balaban J connectivity index is 1.70. The second-order valence-corrected chi connectivity index (χ2v) is 6.76. The highest BCUT2D eigenvalue weighted by Gasteiger charge is 2.29. The number of hydrogen-bond acceptors (Lipinski definition) is 0. The molecule has 2 saturated carbocycles. The molecule has 100 valence electrons. The van der Waals surface area contributed by atoms with Gasteiger partial charge < -0.3 is 0 Å². The van der Waals surface area contributed by atoms with Gasteiger partial charge in [-0.25, -0.2) is 0 Å². The van der Waals surface area contributed by atoms with E-state index >= 15 is 0 Å². The number of hydrogen-bond donors (Lipinski definition) is 0. The molecule has 0 amide bonds. The third kappa shape index (κ3) is 3.73. The monoisotopic (exact) mass is 236 g/mol. The molecule has 2 aliphatic carbocycles. The predicted octanol–water partition coefficient (Wildman–Crippen LogP) is 5.81. The maximum Gasteiger partial charge on any atom is -0.0386 e. The molecule has 0 aliphatic heterocycles. The highest BCUT2D eigenvalue weighted by molar-refractivity contribution is 4.81. The highest BCUT2D eigenvalue weighted by atomic mass is 14.4.